The zero-order chi connectivity index (χ0) is 22.9. The lowest BCUT2D eigenvalue weighted by molar-refractivity contribution is 0.0170. The van der Waals surface area contributed by atoms with Crippen molar-refractivity contribution < 1.29 is 4.74 Å². The second-order valence-corrected chi connectivity index (χ2v) is 9.18. The summed E-state index contributed by atoms with van der Waals surface area (Å²) in [5, 5.41) is 7.05. The summed E-state index contributed by atoms with van der Waals surface area (Å²) in [4.78, 5) is 9.51. The van der Waals surface area contributed by atoms with Crippen LogP contribution >= 0.6 is 0 Å². The van der Waals surface area contributed by atoms with Crippen molar-refractivity contribution in [1.82, 2.24) is 20.4 Å². The molecule has 1 atom stereocenters. The Bertz CT molecular complexity index is 886. The number of likely N-dealkylation sites (tertiary alicyclic amines) is 1. The van der Waals surface area contributed by atoms with Gasteiger partial charge in [0.25, 0.3) is 0 Å². The highest BCUT2D eigenvalue weighted by molar-refractivity contribution is 5.79. The van der Waals surface area contributed by atoms with E-state index in [1.54, 1.807) is 0 Å². The van der Waals surface area contributed by atoms with Crippen LogP contribution in [-0.4, -0.2) is 68.7 Å². The lowest BCUT2D eigenvalue weighted by Gasteiger charge is -2.35. The smallest absolute Gasteiger partial charge is 0.191 e. The van der Waals surface area contributed by atoms with Crippen LogP contribution in [0.15, 0.2) is 53.5 Å². The third-order valence-electron chi connectivity index (χ3n) is 6.69. The number of nitrogens with one attached hydrogen (secondary N) is 2. The van der Waals surface area contributed by atoms with E-state index >= 15 is 0 Å². The van der Waals surface area contributed by atoms with Crippen LogP contribution in [0.2, 0.25) is 0 Å². The molecule has 178 valence electrons. The molecule has 2 fully saturated rings. The van der Waals surface area contributed by atoms with Crippen molar-refractivity contribution in [1.29, 1.82) is 0 Å². The summed E-state index contributed by atoms with van der Waals surface area (Å²) in [6.07, 6.45) is 2.68. The Labute approximate surface area is 199 Å². The normalized spacial score (nSPS) is 18.9. The number of hydrogen-bond acceptors (Lipinski definition) is 4. The van der Waals surface area contributed by atoms with Crippen LogP contribution in [0.4, 0.5) is 0 Å². The van der Waals surface area contributed by atoms with Crippen molar-refractivity contribution >= 4 is 5.96 Å². The van der Waals surface area contributed by atoms with E-state index in [1.165, 1.54) is 48.2 Å². The van der Waals surface area contributed by atoms with Crippen molar-refractivity contribution in [2.24, 2.45) is 4.99 Å². The highest BCUT2D eigenvalue weighted by Crippen LogP contribution is 2.22. The van der Waals surface area contributed by atoms with Gasteiger partial charge >= 0.3 is 0 Å². The van der Waals surface area contributed by atoms with Gasteiger partial charge in [-0.05, 0) is 49.5 Å². The van der Waals surface area contributed by atoms with Gasteiger partial charge in [0.05, 0.1) is 19.3 Å². The molecule has 6 heteroatoms. The first kappa shape index (κ1) is 23.7. The topological polar surface area (TPSA) is 52.1 Å². The molecule has 2 N–H and O–H groups in total. The van der Waals surface area contributed by atoms with Crippen molar-refractivity contribution in [2.75, 3.05) is 53.0 Å². The van der Waals surface area contributed by atoms with Crippen molar-refractivity contribution in [3.63, 3.8) is 0 Å². The number of guanidine groups is 1. The summed E-state index contributed by atoms with van der Waals surface area (Å²) in [6.45, 7) is 10.8. The molecule has 0 aliphatic carbocycles. The van der Waals surface area contributed by atoms with Crippen molar-refractivity contribution in [3.8, 4) is 0 Å². The van der Waals surface area contributed by atoms with E-state index in [9.17, 15) is 0 Å². The van der Waals surface area contributed by atoms with E-state index in [-0.39, 0.29) is 6.04 Å². The molecule has 0 amide bonds. The molecule has 0 radical (unpaired) electrons. The predicted molar refractivity (Wildman–Crippen MR) is 135 cm³/mol. The molecule has 33 heavy (non-hydrogen) atoms. The maximum Gasteiger partial charge on any atom is 0.191 e. The van der Waals surface area contributed by atoms with Gasteiger partial charge in [-0.1, -0.05) is 54.1 Å². The number of aliphatic imine (C=N–C) groups is 1. The summed E-state index contributed by atoms with van der Waals surface area (Å²) in [7, 11) is 1.84. The van der Waals surface area contributed by atoms with Gasteiger partial charge in [-0.15, -0.1) is 0 Å². The first-order valence-electron chi connectivity index (χ1n) is 12.3. The summed E-state index contributed by atoms with van der Waals surface area (Å²) < 4.78 is 5.59. The van der Waals surface area contributed by atoms with E-state index in [0.717, 1.165) is 51.9 Å². The Hall–Kier alpha value is -2.41. The lowest BCUT2D eigenvalue weighted by Crippen LogP contribution is -2.46. The van der Waals surface area contributed by atoms with E-state index in [2.05, 4.69) is 80.9 Å². The maximum absolute atomic E-state index is 5.59. The van der Waals surface area contributed by atoms with Crippen LogP contribution in [0.3, 0.4) is 0 Å². The summed E-state index contributed by atoms with van der Waals surface area (Å²) in [5.74, 6) is 0.835. The third-order valence-corrected chi connectivity index (χ3v) is 6.69. The van der Waals surface area contributed by atoms with Gasteiger partial charge in [0.15, 0.2) is 5.96 Å². The summed E-state index contributed by atoms with van der Waals surface area (Å²) in [5.41, 5.74) is 5.30. The van der Waals surface area contributed by atoms with Gasteiger partial charge in [-0.25, -0.2) is 0 Å². The molecular formula is C27H39N5O. The molecule has 2 aliphatic heterocycles. The molecule has 2 saturated heterocycles. The second-order valence-electron chi connectivity index (χ2n) is 9.18. The van der Waals surface area contributed by atoms with Crippen LogP contribution in [0.5, 0.6) is 0 Å². The quantitative estimate of drug-likeness (QED) is 0.478. The van der Waals surface area contributed by atoms with Crippen LogP contribution in [0, 0.1) is 6.92 Å². The van der Waals surface area contributed by atoms with E-state index in [0.29, 0.717) is 0 Å². The van der Waals surface area contributed by atoms with Crippen LogP contribution < -0.4 is 10.6 Å². The lowest BCUT2D eigenvalue weighted by atomic mass is 10.0. The second kappa shape index (κ2) is 12.2. The van der Waals surface area contributed by atoms with Gasteiger partial charge in [0.1, 0.15) is 0 Å². The number of aryl methyl sites for hydroxylation is 1. The average molecular weight is 450 g/mol. The molecule has 2 aromatic rings. The van der Waals surface area contributed by atoms with Crippen molar-refractivity contribution in [3.05, 3.63) is 70.8 Å². The molecule has 0 spiro atoms. The fourth-order valence-electron chi connectivity index (χ4n) is 4.79. The highest BCUT2D eigenvalue weighted by Gasteiger charge is 2.23. The number of ether oxygens (including phenoxy) is 1. The van der Waals surface area contributed by atoms with Crippen LogP contribution in [0.1, 0.15) is 41.1 Å². The molecule has 6 nitrogen and oxygen atoms in total. The van der Waals surface area contributed by atoms with E-state index in [1.807, 2.05) is 7.05 Å². The fraction of sp³-hybridized carbons (Fsp3) is 0.519. The Kier molecular flexibility index (Phi) is 8.75. The SMILES string of the molecule is CN=C(NCc1ccc(CN2CCCC2)cc1)NCC(c1cccc(C)c1)N1CCOCC1. The van der Waals surface area contributed by atoms with Crippen LogP contribution in [-0.2, 0) is 17.8 Å². The minimum atomic E-state index is 0.289. The van der Waals surface area contributed by atoms with Gasteiger partial charge in [-0.2, -0.15) is 0 Å². The Morgan fingerprint density at radius 3 is 2.39 bits per heavy atom. The number of nitrogens with zero attached hydrogens (tertiary/aromatic N) is 3. The fourth-order valence-corrected chi connectivity index (χ4v) is 4.79. The van der Waals surface area contributed by atoms with E-state index in [4.69, 9.17) is 4.74 Å². The summed E-state index contributed by atoms with van der Waals surface area (Å²) >= 11 is 0. The Morgan fingerprint density at radius 1 is 0.970 bits per heavy atom. The minimum Gasteiger partial charge on any atom is -0.379 e. The molecule has 1 unspecified atom stereocenters. The molecule has 4 rings (SSSR count). The predicted octanol–water partition coefficient (Wildman–Crippen LogP) is 3.33. The zero-order valence-electron chi connectivity index (χ0n) is 20.2. The molecule has 0 bridgehead atoms. The molecule has 2 aromatic carbocycles. The Morgan fingerprint density at radius 2 is 1.70 bits per heavy atom. The van der Waals surface area contributed by atoms with Gasteiger partial charge in [0, 0.05) is 39.8 Å². The van der Waals surface area contributed by atoms with Gasteiger partial charge in [0.2, 0.25) is 0 Å². The largest absolute Gasteiger partial charge is 0.379 e. The molecule has 2 heterocycles. The zero-order valence-corrected chi connectivity index (χ0v) is 20.2. The molecule has 2 aliphatic rings. The average Bonchev–Trinajstić information content (AvgIpc) is 3.36. The van der Waals surface area contributed by atoms with Crippen molar-refractivity contribution in [2.45, 2.75) is 38.9 Å². The number of rotatable bonds is 8. The molecule has 0 aromatic heterocycles. The maximum atomic E-state index is 5.59. The summed E-state index contributed by atoms with van der Waals surface area (Å²) in [6, 6.07) is 18.1. The van der Waals surface area contributed by atoms with Gasteiger partial charge < -0.3 is 15.4 Å². The monoisotopic (exact) mass is 449 g/mol. The Balaban J connectivity index is 1.31. The number of benzene rings is 2. The first-order chi connectivity index (χ1) is 16.2. The first-order valence-corrected chi connectivity index (χ1v) is 12.3. The highest BCUT2D eigenvalue weighted by atomic mass is 16.5. The minimum absolute atomic E-state index is 0.289. The third kappa shape index (κ3) is 7.03. The number of morpholine rings is 1. The molecular weight excluding hydrogens is 410 g/mol. The standard InChI is InChI=1S/C27H39N5O/c1-22-6-5-7-25(18-22)26(32-14-16-33-17-15-32)20-30-27(28-2)29-19-23-8-10-24(11-9-23)21-31-12-3-4-13-31/h5-11,18,26H,3-4,12-17,19-21H2,1-2H3,(H2,28,29,30). The van der Waals surface area contributed by atoms with E-state index < -0.39 is 0 Å². The number of hydrogen-bond donors (Lipinski definition) is 2. The van der Waals surface area contributed by atoms with Crippen LogP contribution in [0.25, 0.3) is 0 Å². The van der Waals surface area contributed by atoms with Gasteiger partial charge in [-0.3, -0.25) is 14.8 Å². The molecule has 0 saturated carbocycles.